The van der Waals surface area contributed by atoms with Crippen molar-refractivity contribution in [3.8, 4) is 11.6 Å². The lowest BCUT2D eigenvalue weighted by Crippen LogP contribution is -1.98. The number of halogens is 1. The molecule has 2 heterocycles. The molecule has 0 bridgehead atoms. The summed E-state index contributed by atoms with van der Waals surface area (Å²) >= 11 is 5.65. The van der Waals surface area contributed by atoms with Crippen LogP contribution in [0.15, 0.2) is 24.5 Å². The van der Waals surface area contributed by atoms with Gasteiger partial charge in [-0.15, -0.1) is 0 Å². The van der Waals surface area contributed by atoms with Crippen molar-refractivity contribution < 1.29 is 4.74 Å². The van der Waals surface area contributed by atoms with E-state index in [1.54, 1.807) is 18.3 Å². The molecule has 2 rings (SSSR count). The van der Waals surface area contributed by atoms with Crippen LogP contribution in [0.1, 0.15) is 5.69 Å². The molecule has 0 radical (unpaired) electrons. The van der Waals surface area contributed by atoms with E-state index in [2.05, 4.69) is 15.0 Å². The van der Waals surface area contributed by atoms with Crippen molar-refractivity contribution in [3.63, 3.8) is 0 Å². The van der Waals surface area contributed by atoms with Gasteiger partial charge in [-0.2, -0.15) is 4.98 Å². The van der Waals surface area contributed by atoms with Crippen LogP contribution in [0.3, 0.4) is 0 Å². The number of anilines is 1. The highest BCUT2D eigenvalue weighted by Crippen LogP contribution is 2.26. The molecule has 16 heavy (non-hydrogen) atoms. The highest BCUT2D eigenvalue weighted by Gasteiger charge is 2.07. The second-order valence-corrected chi connectivity index (χ2v) is 3.43. The normalized spacial score (nSPS) is 10.1. The first-order chi connectivity index (χ1) is 7.66. The molecular weight excluding hydrogens is 228 g/mol. The molecule has 0 unspecified atom stereocenters. The maximum Gasteiger partial charge on any atom is 0.247 e. The predicted octanol–water partition coefficient (Wildman–Crippen LogP) is 2.21. The summed E-state index contributed by atoms with van der Waals surface area (Å²) in [5.74, 6) is 0.820. The van der Waals surface area contributed by atoms with E-state index >= 15 is 0 Å². The SMILES string of the molecule is Cc1ncccc1Oc1nc(Cl)ncc1N. The van der Waals surface area contributed by atoms with E-state index in [-0.39, 0.29) is 11.2 Å². The third-order valence-electron chi connectivity index (χ3n) is 1.92. The van der Waals surface area contributed by atoms with Crippen molar-refractivity contribution in [2.24, 2.45) is 0 Å². The fraction of sp³-hybridized carbons (Fsp3) is 0.100. The van der Waals surface area contributed by atoms with Gasteiger partial charge < -0.3 is 10.5 Å². The summed E-state index contributed by atoms with van der Waals surface area (Å²) in [5.41, 5.74) is 6.73. The Balaban J connectivity index is 2.34. The molecule has 0 aromatic carbocycles. The number of hydrogen-bond donors (Lipinski definition) is 1. The van der Waals surface area contributed by atoms with Gasteiger partial charge in [0.25, 0.3) is 0 Å². The number of nitrogen functional groups attached to an aromatic ring is 1. The largest absolute Gasteiger partial charge is 0.435 e. The van der Waals surface area contributed by atoms with E-state index in [1.165, 1.54) is 6.20 Å². The summed E-state index contributed by atoms with van der Waals surface area (Å²) in [6.45, 7) is 1.83. The number of pyridine rings is 1. The van der Waals surface area contributed by atoms with Crippen LogP contribution in [0.5, 0.6) is 11.6 Å². The summed E-state index contributed by atoms with van der Waals surface area (Å²) in [4.78, 5) is 11.7. The molecule has 0 aliphatic heterocycles. The van der Waals surface area contributed by atoms with Crippen molar-refractivity contribution in [1.82, 2.24) is 15.0 Å². The van der Waals surface area contributed by atoms with Crippen molar-refractivity contribution in [2.75, 3.05) is 5.73 Å². The number of ether oxygens (including phenoxy) is 1. The fourth-order valence-electron chi connectivity index (χ4n) is 1.12. The van der Waals surface area contributed by atoms with Gasteiger partial charge in [-0.1, -0.05) is 0 Å². The van der Waals surface area contributed by atoms with Crippen LogP contribution in [0.2, 0.25) is 5.28 Å². The Bertz CT molecular complexity index is 518. The quantitative estimate of drug-likeness (QED) is 0.810. The van der Waals surface area contributed by atoms with Crippen LogP contribution in [-0.2, 0) is 0 Å². The molecule has 2 aromatic rings. The Kier molecular flexibility index (Phi) is 2.87. The Labute approximate surface area is 97.3 Å². The molecular formula is C10H9ClN4O. The van der Waals surface area contributed by atoms with Gasteiger partial charge in [-0.3, -0.25) is 4.98 Å². The summed E-state index contributed by atoms with van der Waals surface area (Å²) in [7, 11) is 0. The lowest BCUT2D eigenvalue weighted by atomic mass is 10.3. The summed E-state index contributed by atoms with van der Waals surface area (Å²) in [6.07, 6.45) is 3.08. The number of aryl methyl sites for hydroxylation is 1. The molecule has 0 amide bonds. The standard InChI is InChI=1S/C10H9ClN4O/c1-6-8(3-2-4-13-6)16-9-7(12)5-14-10(11)15-9/h2-5H,12H2,1H3. The number of nitrogens with zero attached hydrogens (tertiary/aromatic N) is 3. The van der Waals surface area contributed by atoms with Gasteiger partial charge in [0.1, 0.15) is 5.69 Å². The van der Waals surface area contributed by atoms with E-state index in [0.29, 0.717) is 11.4 Å². The molecule has 5 nitrogen and oxygen atoms in total. The monoisotopic (exact) mass is 236 g/mol. The minimum atomic E-state index is 0.0887. The van der Waals surface area contributed by atoms with Crippen LogP contribution in [0.4, 0.5) is 5.69 Å². The molecule has 0 spiro atoms. The maximum atomic E-state index is 5.66. The number of aromatic nitrogens is 3. The van der Waals surface area contributed by atoms with E-state index < -0.39 is 0 Å². The number of hydrogen-bond acceptors (Lipinski definition) is 5. The Morgan fingerprint density at radius 3 is 2.94 bits per heavy atom. The van der Waals surface area contributed by atoms with Crippen molar-refractivity contribution >= 4 is 17.3 Å². The van der Waals surface area contributed by atoms with Crippen LogP contribution in [0, 0.1) is 6.92 Å². The average molecular weight is 237 g/mol. The molecule has 0 saturated heterocycles. The molecule has 6 heteroatoms. The lowest BCUT2D eigenvalue weighted by molar-refractivity contribution is 0.458. The first-order valence-electron chi connectivity index (χ1n) is 4.54. The van der Waals surface area contributed by atoms with E-state index in [9.17, 15) is 0 Å². The van der Waals surface area contributed by atoms with Gasteiger partial charge in [0.2, 0.25) is 11.2 Å². The topological polar surface area (TPSA) is 73.9 Å². The van der Waals surface area contributed by atoms with Gasteiger partial charge >= 0.3 is 0 Å². The van der Waals surface area contributed by atoms with Gasteiger partial charge in [0, 0.05) is 6.20 Å². The minimum Gasteiger partial charge on any atom is -0.435 e. The number of nitrogens with two attached hydrogens (primary N) is 1. The minimum absolute atomic E-state index is 0.0887. The molecule has 0 fully saturated rings. The second-order valence-electron chi connectivity index (χ2n) is 3.09. The average Bonchev–Trinajstić information content (AvgIpc) is 2.27. The molecule has 2 N–H and O–H groups in total. The molecule has 0 aliphatic carbocycles. The molecule has 0 saturated carbocycles. The fourth-order valence-corrected chi connectivity index (χ4v) is 1.24. The zero-order valence-electron chi connectivity index (χ0n) is 8.51. The maximum absolute atomic E-state index is 5.66. The van der Waals surface area contributed by atoms with Gasteiger partial charge in [0.05, 0.1) is 11.9 Å². The van der Waals surface area contributed by atoms with Crippen LogP contribution in [0.25, 0.3) is 0 Å². The Morgan fingerprint density at radius 1 is 1.38 bits per heavy atom. The highest BCUT2D eigenvalue weighted by molar-refractivity contribution is 6.28. The van der Waals surface area contributed by atoms with Gasteiger partial charge in [-0.25, -0.2) is 4.98 Å². The Morgan fingerprint density at radius 2 is 2.19 bits per heavy atom. The van der Waals surface area contributed by atoms with Crippen LogP contribution < -0.4 is 10.5 Å². The highest BCUT2D eigenvalue weighted by atomic mass is 35.5. The smallest absolute Gasteiger partial charge is 0.247 e. The zero-order chi connectivity index (χ0) is 11.5. The third kappa shape index (κ3) is 2.20. The van der Waals surface area contributed by atoms with Gasteiger partial charge in [-0.05, 0) is 30.7 Å². The summed E-state index contributed by atoms with van der Waals surface area (Å²) < 4.78 is 5.50. The first-order valence-corrected chi connectivity index (χ1v) is 4.92. The lowest BCUT2D eigenvalue weighted by Gasteiger charge is -2.08. The third-order valence-corrected chi connectivity index (χ3v) is 2.10. The summed E-state index contributed by atoms with van der Waals surface area (Å²) in [5, 5.41) is 0.0887. The molecule has 0 atom stereocenters. The summed E-state index contributed by atoms with van der Waals surface area (Å²) in [6, 6.07) is 3.54. The van der Waals surface area contributed by atoms with Crippen molar-refractivity contribution in [3.05, 3.63) is 35.5 Å². The number of rotatable bonds is 2. The first kappa shape index (κ1) is 10.6. The van der Waals surface area contributed by atoms with E-state index in [1.807, 2.05) is 6.92 Å². The van der Waals surface area contributed by atoms with E-state index in [0.717, 1.165) is 5.69 Å². The van der Waals surface area contributed by atoms with Crippen molar-refractivity contribution in [2.45, 2.75) is 6.92 Å². The second kappa shape index (κ2) is 4.32. The molecule has 0 aliphatic rings. The predicted molar refractivity (Wildman–Crippen MR) is 60.5 cm³/mol. The van der Waals surface area contributed by atoms with E-state index in [4.69, 9.17) is 22.1 Å². The van der Waals surface area contributed by atoms with Crippen LogP contribution in [-0.4, -0.2) is 15.0 Å². The Hall–Kier alpha value is -1.88. The molecule has 82 valence electrons. The van der Waals surface area contributed by atoms with Crippen LogP contribution >= 0.6 is 11.6 Å². The zero-order valence-corrected chi connectivity index (χ0v) is 9.27. The molecule has 2 aromatic heterocycles. The van der Waals surface area contributed by atoms with Gasteiger partial charge in [0.15, 0.2) is 5.75 Å². The van der Waals surface area contributed by atoms with Crippen molar-refractivity contribution in [1.29, 1.82) is 0 Å².